The Morgan fingerprint density at radius 1 is 1.16 bits per heavy atom. The maximum absolute atomic E-state index is 6.10. The molecule has 19 heavy (non-hydrogen) atoms. The summed E-state index contributed by atoms with van der Waals surface area (Å²) >= 11 is 0. The molecule has 3 atom stereocenters. The molecular weight excluding hydrogens is 234 g/mol. The topological polar surface area (TPSA) is 21.3 Å². The zero-order valence-corrected chi connectivity index (χ0v) is 12.5. The van der Waals surface area contributed by atoms with Crippen molar-refractivity contribution in [3.8, 4) is 0 Å². The van der Waals surface area contributed by atoms with E-state index in [0.717, 1.165) is 25.0 Å². The Morgan fingerprint density at radius 2 is 1.95 bits per heavy atom. The second kappa shape index (κ2) is 7.06. The van der Waals surface area contributed by atoms with Gasteiger partial charge in [-0.3, -0.25) is 0 Å². The van der Waals surface area contributed by atoms with E-state index < -0.39 is 0 Å². The Bertz CT molecular complexity index is 391. The first-order valence-electron chi connectivity index (χ1n) is 7.53. The van der Waals surface area contributed by atoms with Crippen molar-refractivity contribution in [1.29, 1.82) is 0 Å². The first kappa shape index (κ1) is 14.5. The van der Waals surface area contributed by atoms with Gasteiger partial charge in [0.15, 0.2) is 0 Å². The van der Waals surface area contributed by atoms with Gasteiger partial charge in [-0.15, -0.1) is 0 Å². The fourth-order valence-electron chi connectivity index (χ4n) is 2.90. The summed E-state index contributed by atoms with van der Waals surface area (Å²) in [5, 5.41) is 3.19. The minimum atomic E-state index is 0.458. The Balaban J connectivity index is 1.83. The van der Waals surface area contributed by atoms with Crippen molar-refractivity contribution in [2.24, 2.45) is 11.8 Å². The second-order valence-electron chi connectivity index (χ2n) is 6.05. The fourth-order valence-corrected chi connectivity index (χ4v) is 2.90. The molecule has 0 spiro atoms. The molecule has 0 aromatic heterocycles. The first-order chi connectivity index (χ1) is 9.19. The smallest absolute Gasteiger partial charge is 0.0720 e. The lowest BCUT2D eigenvalue weighted by Crippen LogP contribution is -2.26. The van der Waals surface area contributed by atoms with Crippen LogP contribution in [-0.2, 0) is 17.9 Å². The van der Waals surface area contributed by atoms with Gasteiger partial charge < -0.3 is 10.1 Å². The van der Waals surface area contributed by atoms with Crippen molar-refractivity contribution in [2.45, 2.75) is 52.4 Å². The molecule has 2 nitrogen and oxygen atoms in total. The highest BCUT2D eigenvalue weighted by molar-refractivity contribution is 5.22. The average Bonchev–Trinajstić information content (AvgIpc) is 2.41. The third-order valence-electron chi connectivity index (χ3n) is 4.41. The van der Waals surface area contributed by atoms with Gasteiger partial charge >= 0.3 is 0 Å². The van der Waals surface area contributed by atoms with Gasteiger partial charge in [-0.25, -0.2) is 0 Å². The van der Waals surface area contributed by atoms with E-state index in [1.807, 2.05) is 7.05 Å². The van der Waals surface area contributed by atoms with E-state index in [4.69, 9.17) is 4.74 Å². The number of benzene rings is 1. The number of rotatable bonds is 5. The summed E-state index contributed by atoms with van der Waals surface area (Å²) in [4.78, 5) is 0. The highest BCUT2D eigenvalue weighted by Gasteiger charge is 2.24. The van der Waals surface area contributed by atoms with Crippen LogP contribution in [0.2, 0.25) is 0 Å². The van der Waals surface area contributed by atoms with E-state index in [-0.39, 0.29) is 0 Å². The summed E-state index contributed by atoms with van der Waals surface area (Å²) in [6.45, 7) is 6.39. The highest BCUT2D eigenvalue weighted by Crippen LogP contribution is 2.31. The molecule has 0 heterocycles. The van der Waals surface area contributed by atoms with E-state index in [0.29, 0.717) is 6.10 Å². The highest BCUT2D eigenvalue weighted by atomic mass is 16.5. The van der Waals surface area contributed by atoms with Gasteiger partial charge in [0.2, 0.25) is 0 Å². The van der Waals surface area contributed by atoms with E-state index in [1.54, 1.807) is 0 Å². The zero-order valence-electron chi connectivity index (χ0n) is 12.5. The quantitative estimate of drug-likeness (QED) is 0.871. The molecule has 0 saturated heterocycles. The summed E-state index contributed by atoms with van der Waals surface area (Å²) in [5.74, 6) is 1.66. The number of ether oxygens (including phenoxy) is 1. The molecule has 1 aromatic rings. The van der Waals surface area contributed by atoms with Gasteiger partial charge in [-0.1, -0.05) is 38.1 Å². The fraction of sp³-hybridized carbons (Fsp3) is 0.647. The van der Waals surface area contributed by atoms with Crippen molar-refractivity contribution in [3.63, 3.8) is 0 Å². The average molecular weight is 261 g/mol. The Labute approximate surface area is 117 Å². The van der Waals surface area contributed by atoms with Crippen LogP contribution in [0.1, 0.15) is 44.2 Å². The third kappa shape index (κ3) is 4.32. The van der Waals surface area contributed by atoms with Crippen molar-refractivity contribution in [2.75, 3.05) is 7.05 Å². The molecule has 1 fully saturated rings. The van der Waals surface area contributed by atoms with E-state index in [2.05, 4.69) is 43.4 Å². The number of hydrogen-bond acceptors (Lipinski definition) is 2. The minimum Gasteiger partial charge on any atom is -0.374 e. The van der Waals surface area contributed by atoms with Crippen molar-refractivity contribution >= 4 is 0 Å². The number of nitrogens with one attached hydrogen (secondary N) is 1. The maximum Gasteiger partial charge on any atom is 0.0720 e. The minimum absolute atomic E-state index is 0.458. The molecule has 1 N–H and O–H groups in total. The van der Waals surface area contributed by atoms with Crippen LogP contribution in [0.5, 0.6) is 0 Å². The van der Waals surface area contributed by atoms with Crippen LogP contribution in [0, 0.1) is 11.8 Å². The molecule has 3 unspecified atom stereocenters. The monoisotopic (exact) mass is 261 g/mol. The lowest BCUT2D eigenvalue weighted by Gasteiger charge is -2.32. The van der Waals surface area contributed by atoms with Gasteiger partial charge in [0, 0.05) is 6.54 Å². The predicted octanol–water partition coefficient (Wildman–Crippen LogP) is 3.75. The SMILES string of the molecule is CNCc1cccc(COC2CCC(C)C(C)C2)c1. The molecule has 2 heteroatoms. The first-order valence-corrected chi connectivity index (χ1v) is 7.53. The van der Waals surface area contributed by atoms with E-state index in [1.165, 1.54) is 30.4 Å². The Morgan fingerprint density at radius 3 is 2.68 bits per heavy atom. The van der Waals surface area contributed by atoms with Crippen LogP contribution in [0.4, 0.5) is 0 Å². The van der Waals surface area contributed by atoms with Gasteiger partial charge in [-0.05, 0) is 49.3 Å². The summed E-state index contributed by atoms with van der Waals surface area (Å²) in [7, 11) is 1.98. The zero-order chi connectivity index (χ0) is 13.7. The number of hydrogen-bond donors (Lipinski definition) is 1. The van der Waals surface area contributed by atoms with E-state index >= 15 is 0 Å². The third-order valence-corrected chi connectivity index (χ3v) is 4.41. The van der Waals surface area contributed by atoms with Crippen LogP contribution >= 0.6 is 0 Å². The summed E-state index contributed by atoms with van der Waals surface area (Å²) in [5.41, 5.74) is 2.62. The molecule has 1 saturated carbocycles. The Hall–Kier alpha value is -0.860. The standard InChI is InChI=1S/C17H27NO/c1-13-7-8-17(9-14(13)2)19-12-16-6-4-5-15(10-16)11-18-3/h4-6,10,13-14,17-18H,7-9,11-12H2,1-3H3. The summed E-state index contributed by atoms with van der Waals surface area (Å²) in [6, 6.07) is 8.68. The van der Waals surface area contributed by atoms with Crippen LogP contribution < -0.4 is 5.32 Å². The van der Waals surface area contributed by atoms with Crippen molar-refractivity contribution < 1.29 is 4.74 Å². The molecular formula is C17H27NO. The lowest BCUT2D eigenvalue weighted by molar-refractivity contribution is -0.00747. The van der Waals surface area contributed by atoms with E-state index in [9.17, 15) is 0 Å². The molecule has 2 rings (SSSR count). The van der Waals surface area contributed by atoms with Crippen LogP contribution in [0.3, 0.4) is 0 Å². The molecule has 0 radical (unpaired) electrons. The van der Waals surface area contributed by atoms with Gasteiger partial charge in [0.1, 0.15) is 0 Å². The molecule has 1 aliphatic carbocycles. The lowest BCUT2D eigenvalue weighted by atomic mass is 9.80. The predicted molar refractivity (Wildman–Crippen MR) is 80.0 cm³/mol. The molecule has 1 aliphatic rings. The summed E-state index contributed by atoms with van der Waals surface area (Å²) in [6.07, 6.45) is 4.21. The Kier molecular flexibility index (Phi) is 5.41. The summed E-state index contributed by atoms with van der Waals surface area (Å²) < 4.78 is 6.10. The van der Waals surface area contributed by atoms with Gasteiger partial charge in [-0.2, -0.15) is 0 Å². The largest absolute Gasteiger partial charge is 0.374 e. The second-order valence-corrected chi connectivity index (χ2v) is 6.05. The van der Waals surface area contributed by atoms with Crippen molar-refractivity contribution in [1.82, 2.24) is 5.32 Å². The van der Waals surface area contributed by atoms with Crippen LogP contribution in [-0.4, -0.2) is 13.2 Å². The van der Waals surface area contributed by atoms with Crippen LogP contribution in [0.15, 0.2) is 24.3 Å². The van der Waals surface area contributed by atoms with Crippen molar-refractivity contribution in [3.05, 3.63) is 35.4 Å². The van der Waals surface area contributed by atoms with Crippen LogP contribution in [0.25, 0.3) is 0 Å². The molecule has 1 aromatic carbocycles. The molecule has 0 aliphatic heterocycles. The molecule has 0 bridgehead atoms. The van der Waals surface area contributed by atoms with Gasteiger partial charge in [0.25, 0.3) is 0 Å². The maximum atomic E-state index is 6.10. The van der Waals surface area contributed by atoms with Gasteiger partial charge in [0.05, 0.1) is 12.7 Å². The normalized spacial score (nSPS) is 27.4. The molecule has 0 amide bonds. The molecule has 106 valence electrons.